The maximum atomic E-state index is 12.7. The molecule has 2 unspecified atom stereocenters. The largest absolute Gasteiger partial charge is 0.497 e. The molecule has 24 heavy (non-hydrogen) atoms. The molecule has 1 aromatic rings. The average Bonchev–Trinajstić information content (AvgIpc) is 2.60. The topological polar surface area (TPSA) is 66.8 Å². The highest BCUT2D eigenvalue weighted by atomic mass is 16.5. The first-order valence-corrected chi connectivity index (χ1v) is 8.66. The lowest BCUT2D eigenvalue weighted by Crippen LogP contribution is -2.44. The van der Waals surface area contributed by atoms with E-state index in [1.165, 1.54) is 0 Å². The highest BCUT2D eigenvalue weighted by molar-refractivity contribution is 5.77. The van der Waals surface area contributed by atoms with Crippen LogP contribution < -0.4 is 4.74 Å². The third kappa shape index (κ3) is 4.98. The Hall–Kier alpha value is -2.04. The molecule has 1 heterocycles. The van der Waals surface area contributed by atoms with Crippen molar-refractivity contribution in [2.24, 2.45) is 0 Å². The maximum absolute atomic E-state index is 12.7. The van der Waals surface area contributed by atoms with Gasteiger partial charge in [-0.05, 0) is 49.3 Å². The predicted molar refractivity (Wildman–Crippen MR) is 92.2 cm³/mol. The fourth-order valence-corrected chi connectivity index (χ4v) is 3.36. The van der Waals surface area contributed by atoms with Crippen molar-refractivity contribution in [3.63, 3.8) is 0 Å². The zero-order chi connectivity index (χ0) is 17.5. The molecule has 1 amide bonds. The SMILES string of the molecule is COc1cccc(C(C)CC(=O)N2CCCCC2CCC(=O)O)c1. The zero-order valence-corrected chi connectivity index (χ0v) is 14.5. The van der Waals surface area contributed by atoms with Crippen molar-refractivity contribution in [3.05, 3.63) is 29.8 Å². The van der Waals surface area contributed by atoms with Crippen molar-refractivity contribution in [2.45, 2.75) is 57.4 Å². The standard InChI is InChI=1S/C19H27NO4/c1-14(15-6-5-8-17(13-15)24-2)12-18(21)20-11-4-3-7-16(20)9-10-19(22)23/h5-6,8,13-14,16H,3-4,7,9-12H2,1-2H3,(H,22,23). The van der Waals surface area contributed by atoms with Crippen LogP contribution in [0, 0.1) is 0 Å². The van der Waals surface area contributed by atoms with E-state index in [9.17, 15) is 9.59 Å². The molecular formula is C19H27NO4. The van der Waals surface area contributed by atoms with E-state index in [1.807, 2.05) is 36.1 Å². The van der Waals surface area contributed by atoms with Crippen LogP contribution in [0.2, 0.25) is 0 Å². The molecule has 5 heteroatoms. The Kier molecular flexibility index (Phi) is 6.64. The quantitative estimate of drug-likeness (QED) is 0.830. The molecule has 0 spiro atoms. The number of carboxylic acids is 1. The van der Waals surface area contributed by atoms with E-state index in [2.05, 4.69) is 0 Å². The van der Waals surface area contributed by atoms with Crippen LogP contribution in [0.1, 0.15) is 56.9 Å². The highest BCUT2D eigenvalue weighted by Crippen LogP contribution is 2.27. The van der Waals surface area contributed by atoms with Crippen molar-refractivity contribution in [1.82, 2.24) is 4.90 Å². The Morgan fingerprint density at radius 2 is 2.17 bits per heavy atom. The summed E-state index contributed by atoms with van der Waals surface area (Å²) >= 11 is 0. The smallest absolute Gasteiger partial charge is 0.303 e. The number of aliphatic carboxylic acids is 1. The molecular weight excluding hydrogens is 306 g/mol. The van der Waals surface area contributed by atoms with Crippen molar-refractivity contribution in [1.29, 1.82) is 0 Å². The number of methoxy groups -OCH3 is 1. The van der Waals surface area contributed by atoms with E-state index in [-0.39, 0.29) is 24.3 Å². The number of amides is 1. The van der Waals surface area contributed by atoms with Gasteiger partial charge in [0.15, 0.2) is 0 Å². The number of nitrogens with zero attached hydrogens (tertiary/aromatic N) is 1. The van der Waals surface area contributed by atoms with Gasteiger partial charge in [-0.2, -0.15) is 0 Å². The fraction of sp³-hybridized carbons (Fsp3) is 0.579. The van der Waals surface area contributed by atoms with Gasteiger partial charge in [0.25, 0.3) is 0 Å². The number of hydrogen-bond acceptors (Lipinski definition) is 3. The first kappa shape index (κ1) is 18.3. The molecule has 1 N–H and O–H groups in total. The van der Waals surface area contributed by atoms with Gasteiger partial charge in [-0.25, -0.2) is 0 Å². The van der Waals surface area contributed by atoms with E-state index in [0.717, 1.165) is 37.1 Å². The molecule has 1 saturated heterocycles. The van der Waals surface area contributed by atoms with Crippen LogP contribution >= 0.6 is 0 Å². The summed E-state index contributed by atoms with van der Waals surface area (Å²) in [6.07, 6.45) is 4.10. The van der Waals surface area contributed by atoms with Gasteiger partial charge >= 0.3 is 5.97 Å². The third-order valence-corrected chi connectivity index (χ3v) is 4.78. The molecule has 1 fully saturated rings. The lowest BCUT2D eigenvalue weighted by atomic mass is 9.93. The van der Waals surface area contributed by atoms with Crippen LogP contribution in [-0.2, 0) is 9.59 Å². The molecule has 0 saturated carbocycles. The fourth-order valence-electron chi connectivity index (χ4n) is 3.36. The van der Waals surface area contributed by atoms with Gasteiger partial charge < -0.3 is 14.7 Å². The van der Waals surface area contributed by atoms with Gasteiger partial charge in [0.1, 0.15) is 5.75 Å². The number of piperidine rings is 1. The van der Waals surface area contributed by atoms with Crippen LogP contribution in [0.25, 0.3) is 0 Å². The summed E-state index contributed by atoms with van der Waals surface area (Å²) in [5, 5.41) is 8.90. The second-order valence-electron chi connectivity index (χ2n) is 6.55. The zero-order valence-electron chi connectivity index (χ0n) is 14.5. The Balaban J connectivity index is 1.99. The highest BCUT2D eigenvalue weighted by Gasteiger charge is 2.28. The number of rotatable bonds is 7. The molecule has 2 rings (SSSR count). The van der Waals surface area contributed by atoms with E-state index >= 15 is 0 Å². The van der Waals surface area contributed by atoms with E-state index in [0.29, 0.717) is 12.8 Å². The summed E-state index contributed by atoms with van der Waals surface area (Å²) in [6, 6.07) is 7.88. The lowest BCUT2D eigenvalue weighted by molar-refractivity contribution is -0.140. The predicted octanol–water partition coefficient (Wildman–Crippen LogP) is 3.43. The first-order valence-electron chi connectivity index (χ1n) is 8.66. The van der Waals surface area contributed by atoms with Crippen LogP contribution in [0.3, 0.4) is 0 Å². The molecule has 0 aromatic heterocycles. The third-order valence-electron chi connectivity index (χ3n) is 4.78. The monoisotopic (exact) mass is 333 g/mol. The normalized spacial score (nSPS) is 18.9. The first-order chi connectivity index (χ1) is 11.5. The maximum Gasteiger partial charge on any atom is 0.303 e. The minimum absolute atomic E-state index is 0.0693. The molecule has 2 atom stereocenters. The Morgan fingerprint density at radius 3 is 2.88 bits per heavy atom. The molecule has 1 aromatic carbocycles. The number of ether oxygens (including phenoxy) is 1. The van der Waals surface area contributed by atoms with Crippen molar-refractivity contribution in [2.75, 3.05) is 13.7 Å². The van der Waals surface area contributed by atoms with Gasteiger partial charge in [-0.1, -0.05) is 19.1 Å². The van der Waals surface area contributed by atoms with Crippen LogP contribution in [0.5, 0.6) is 5.75 Å². The summed E-state index contributed by atoms with van der Waals surface area (Å²) in [5.74, 6) is 0.233. The molecule has 1 aliphatic rings. The van der Waals surface area contributed by atoms with Gasteiger partial charge in [0.2, 0.25) is 5.91 Å². The Bertz CT molecular complexity index is 572. The number of hydrogen-bond donors (Lipinski definition) is 1. The molecule has 132 valence electrons. The number of benzene rings is 1. The summed E-state index contributed by atoms with van der Waals surface area (Å²) in [7, 11) is 1.63. The van der Waals surface area contributed by atoms with Gasteiger partial charge in [0.05, 0.1) is 7.11 Å². The summed E-state index contributed by atoms with van der Waals surface area (Å²) in [6.45, 7) is 2.79. The van der Waals surface area contributed by atoms with Crippen LogP contribution in [0.15, 0.2) is 24.3 Å². The van der Waals surface area contributed by atoms with E-state index < -0.39 is 5.97 Å². The second kappa shape index (κ2) is 8.71. The summed E-state index contributed by atoms with van der Waals surface area (Å²) in [5.41, 5.74) is 1.08. The van der Waals surface area contributed by atoms with E-state index in [4.69, 9.17) is 9.84 Å². The molecule has 0 radical (unpaired) electrons. The Morgan fingerprint density at radius 1 is 1.38 bits per heavy atom. The second-order valence-corrected chi connectivity index (χ2v) is 6.55. The average molecular weight is 333 g/mol. The lowest BCUT2D eigenvalue weighted by Gasteiger charge is -2.36. The number of likely N-dealkylation sites (tertiary alicyclic amines) is 1. The summed E-state index contributed by atoms with van der Waals surface area (Å²) in [4.78, 5) is 25.5. The van der Waals surface area contributed by atoms with Crippen LogP contribution in [-0.4, -0.2) is 41.6 Å². The minimum atomic E-state index is -0.794. The molecule has 0 aliphatic carbocycles. The summed E-state index contributed by atoms with van der Waals surface area (Å²) < 4.78 is 5.25. The molecule has 1 aliphatic heterocycles. The van der Waals surface area contributed by atoms with Gasteiger partial charge in [-0.15, -0.1) is 0 Å². The van der Waals surface area contributed by atoms with Crippen LogP contribution in [0.4, 0.5) is 0 Å². The number of carboxylic acid groups (broad SMARTS) is 1. The van der Waals surface area contributed by atoms with Crippen molar-refractivity contribution in [3.8, 4) is 5.75 Å². The van der Waals surface area contributed by atoms with Gasteiger partial charge in [-0.3, -0.25) is 9.59 Å². The van der Waals surface area contributed by atoms with Crippen molar-refractivity contribution < 1.29 is 19.4 Å². The van der Waals surface area contributed by atoms with Crippen molar-refractivity contribution >= 4 is 11.9 Å². The van der Waals surface area contributed by atoms with E-state index in [1.54, 1.807) is 7.11 Å². The molecule has 0 bridgehead atoms. The van der Waals surface area contributed by atoms with Gasteiger partial charge in [0, 0.05) is 25.4 Å². The minimum Gasteiger partial charge on any atom is -0.497 e. The number of carbonyl (C=O) groups is 2. The Labute approximate surface area is 143 Å². The molecule has 5 nitrogen and oxygen atoms in total. The number of carbonyl (C=O) groups excluding carboxylic acids is 1.